The fourth-order valence-electron chi connectivity index (χ4n) is 2.40. The third kappa shape index (κ3) is 12.8. The molecule has 0 saturated carbocycles. The van der Waals surface area contributed by atoms with Gasteiger partial charge in [0.2, 0.25) is 5.91 Å². The third-order valence-corrected chi connectivity index (χ3v) is 4.02. The lowest BCUT2D eigenvalue weighted by atomic mass is 10.1. The first-order valence-electron chi connectivity index (χ1n) is 9.88. The predicted octanol–water partition coefficient (Wildman–Crippen LogP) is 3.11. The number of hydrogen-bond donors (Lipinski definition) is 4. The summed E-state index contributed by atoms with van der Waals surface area (Å²) in [5.41, 5.74) is 9.10. The molecule has 168 valence electrons. The molecule has 1 amide bonds. The molecular formula is C24H34N4O3. The molecule has 0 fully saturated rings. The number of benzene rings is 2. The van der Waals surface area contributed by atoms with Gasteiger partial charge in [0.15, 0.2) is 0 Å². The van der Waals surface area contributed by atoms with E-state index in [1.807, 2.05) is 7.05 Å². The third-order valence-electron chi connectivity index (χ3n) is 4.02. The minimum Gasteiger partial charge on any atom is -0.395 e. The molecule has 0 atom stereocenters. The molecule has 31 heavy (non-hydrogen) atoms. The minimum absolute atomic E-state index is 0.0150. The molecule has 2 aromatic rings. The highest BCUT2D eigenvalue weighted by Gasteiger charge is 2.02. The predicted molar refractivity (Wildman–Crippen MR) is 127 cm³/mol. The number of nitrogens with zero attached hydrogens (tertiary/aromatic N) is 1. The topological polar surface area (TPSA) is 120 Å². The lowest BCUT2D eigenvalue weighted by Gasteiger charge is -2.14. The van der Waals surface area contributed by atoms with Gasteiger partial charge in [-0.05, 0) is 43.8 Å². The Bertz CT molecular complexity index is 789. The van der Waals surface area contributed by atoms with Crippen LogP contribution in [0.15, 0.2) is 61.7 Å². The SMILES string of the molecule is C=C.Cc1ccc(CN(C)CCO)cc1.N=C(N)c1ccc(NC(=O)CCC=O)cc1. The molecule has 0 aromatic heterocycles. The van der Waals surface area contributed by atoms with E-state index in [2.05, 4.69) is 54.6 Å². The average Bonchev–Trinajstić information content (AvgIpc) is 2.76. The van der Waals surface area contributed by atoms with E-state index in [1.54, 1.807) is 24.3 Å². The van der Waals surface area contributed by atoms with Crippen molar-refractivity contribution in [2.75, 3.05) is 25.5 Å². The van der Waals surface area contributed by atoms with E-state index in [0.717, 1.165) is 13.1 Å². The highest BCUT2D eigenvalue weighted by molar-refractivity contribution is 5.96. The first-order valence-corrected chi connectivity index (χ1v) is 9.88. The van der Waals surface area contributed by atoms with E-state index in [-0.39, 0.29) is 31.2 Å². The van der Waals surface area contributed by atoms with Crippen LogP contribution in [0.4, 0.5) is 5.69 Å². The van der Waals surface area contributed by atoms with Crippen LogP contribution in [-0.2, 0) is 16.1 Å². The molecule has 7 heteroatoms. The quantitative estimate of drug-likeness (QED) is 0.213. The van der Waals surface area contributed by atoms with Crippen LogP contribution < -0.4 is 11.1 Å². The zero-order valence-electron chi connectivity index (χ0n) is 18.4. The van der Waals surface area contributed by atoms with Gasteiger partial charge in [-0.1, -0.05) is 29.8 Å². The maximum Gasteiger partial charge on any atom is 0.224 e. The van der Waals surface area contributed by atoms with Gasteiger partial charge in [0.25, 0.3) is 0 Å². The maximum atomic E-state index is 11.3. The summed E-state index contributed by atoms with van der Waals surface area (Å²) in [6.45, 7) is 9.94. The molecule has 0 spiro atoms. The summed E-state index contributed by atoms with van der Waals surface area (Å²) in [6.07, 6.45) is 1.10. The Morgan fingerprint density at radius 1 is 1.16 bits per heavy atom. The number of amides is 1. The van der Waals surface area contributed by atoms with Crippen LogP contribution in [0.3, 0.4) is 0 Å². The fourth-order valence-corrected chi connectivity index (χ4v) is 2.40. The van der Waals surface area contributed by atoms with Crippen LogP contribution in [0, 0.1) is 12.3 Å². The van der Waals surface area contributed by atoms with E-state index in [9.17, 15) is 9.59 Å². The highest BCUT2D eigenvalue weighted by atomic mass is 16.3. The number of aryl methyl sites for hydroxylation is 1. The summed E-state index contributed by atoms with van der Waals surface area (Å²) in [5, 5.41) is 18.5. The first kappa shape index (κ1) is 27.7. The van der Waals surface area contributed by atoms with E-state index < -0.39 is 0 Å². The lowest BCUT2D eigenvalue weighted by molar-refractivity contribution is -0.118. The molecule has 5 N–H and O–H groups in total. The highest BCUT2D eigenvalue weighted by Crippen LogP contribution is 2.09. The number of carbonyl (C=O) groups is 2. The van der Waals surface area contributed by atoms with E-state index in [1.165, 1.54) is 11.1 Å². The van der Waals surface area contributed by atoms with Crippen LogP contribution in [0.25, 0.3) is 0 Å². The molecule has 2 aromatic carbocycles. The molecular weight excluding hydrogens is 392 g/mol. The van der Waals surface area contributed by atoms with Gasteiger partial charge in [-0.3, -0.25) is 15.1 Å². The molecule has 0 radical (unpaired) electrons. The van der Waals surface area contributed by atoms with Crippen molar-refractivity contribution in [1.29, 1.82) is 5.41 Å². The molecule has 0 aliphatic carbocycles. The summed E-state index contributed by atoms with van der Waals surface area (Å²) in [6, 6.07) is 15.1. The van der Waals surface area contributed by atoms with Crippen LogP contribution in [0.1, 0.15) is 29.5 Å². The van der Waals surface area contributed by atoms with Crippen LogP contribution in [-0.4, -0.2) is 48.2 Å². The van der Waals surface area contributed by atoms with E-state index >= 15 is 0 Å². The largest absolute Gasteiger partial charge is 0.395 e. The number of nitrogen functional groups attached to an aromatic ring is 1. The number of aliphatic hydroxyl groups is 1. The standard InChI is InChI=1S/C11H13N3O2.C11H17NO.C2H4/c12-11(13)8-3-5-9(6-4-8)14-10(16)2-1-7-15;1-10-3-5-11(6-4-10)9-12(2)7-8-13;1-2/h3-7H,1-2H2,(H3,12,13)(H,14,16);3-6,13H,7-9H2,1-2H3;1-2H2. The Hall–Kier alpha value is -3.29. The Kier molecular flexibility index (Phi) is 14.7. The molecule has 0 bridgehead atoms. The monoisotopic (exact) mass is 426 g/mol. The second-order valence-corrected chi connectivity index (χ2v) is 6.69. The van der Waals surface area contributed by atoms with E-state index in [4.69, 9.17) is 16.2 Å². The Labute approximate surface area is 185 Å². The number of nitrogens with one attached hydrogen (secondary N) is 2. The molecule has 0 unspecified atom stereocenters. The van der Waals surface area contributed by atoms with Gasteiger partial charge in [-0.2, -0.15) is 0 Å². The Balaban J connectivity index is 0.000000547. The van der Waals surface area contributed by atoms with Crippen molar-refractivity contribution < 1.29 is 14.7 Å². The zero-order valence-corrected chi connectivity index (χ0v) is 18.4. The van der Waals surface area contributed by atoms with Crippen LogP contribution in [0.5, 0.6) is 0 Å². The normalized spacial score (nSPS) is 9.55. The first-order chi connectivity index (χ1) is 14.8. The Morgan fingerprint density at radius 2 is 1.74 bits per heavy atom. The second kappa shape index (κ2) is 16.5. The van der Waals surface area contributed by atoms with E-state index in [0.29, 0.717) is 17.5 Å². The zero-order chi connectivity index (χ0) is 23.6. The van der Waals surface area contributed by atoms with Gasteiger partial charge < -0.3 is 21.0 Å². The van der Waals surface area contributed by atoms with Crippen molar-refractivity contribution in [3.8, 4) is 0 Å². The molecule has 0 aliphatic heterocycles. The number of anilines is 1. The number of amidine groups is 1. The van der Waals surface area contributed by atoms with Crippen molar-refractivity contribution in [3.05, 3.63) is 78.4 Å². The average molecular weight is 427 g/mol. The lowest BCUT2D eigenvalue weighted by Crippen LogP contribution is -2.21. The second-order valence-electron chi connectivity index (χ2n) is 6.69. The van der Waals surface area contributed by atoms with Gasteiger partial charge in [0, 0.05) is 37.2 Å². The summed E-state index contributed by atoms with van der Waals surface area (Å²) >= 11 is 0. The molecule has 0 heterocycles. The summed E-state index contributed by atoms with van der Waals surface area (Å²) in [5.74, 6) is -0.221. The molecule has 0 saturated heterocycles. The van der Waals surface area contributed by atoms with Gasteiger partial charge in [-0.25, -0.2) is 0 Å². The number of nitrogens with two attached hydrogens (primary N) is 1. The number of rotatable bonds is 9. The summed E-state index contributed by atoms with van der Waals surface area (Å²) in [7, 11) is 2.01. The van der Waals surface area contributed by atoms with Gasteiger partial charge in [0.05, 0.1) is 6.61 Å². The van der Waals surface area contributed by atoms with Gasteiger partial charge in [0.1, 0.15) is 12.1 Å². The van der Waals surface area contributed by atoms with Crippen molar-refractivity contribution in [3.63, 3.8) is 0 Å². The molecule has 7 nitrogen and oxygen atoms in total. The smallest absolute Gasteiger partial charge is 0.224 e. The molecule has 2 rings (SSSR count). The minimum atomic E-state index is -0.206. The number of aldehydes is 1. The van der Waals surface area contributed by atoms with Crippen molar-refractivity contribution in [1.82, 2.24) is 4.90 Å². The van der Waals surface area contributed by atoms with Gasteiger partial charge in [-0.15, -0.1) is 13.2 Å². The number of aliphatic hydroxyl groups excluding tert-OH is 1. The van der Waals surface area contributed by atoms with Crippen molar-refractivity contribution in [2.24, 2.45) is 5.73 Å². The summed E-state index contributed by atoms with van der Waals surface area (Å²) in [4.78, 5) is 23.4. The summed E-state index contributed by atoms with van der Waals surface area (Å²) < 4.78 is 0. The molecule has 0 aliphatic rings. The van der Waals surface area contributed by atoms with Crippen molar-refractivity contribution in [2.45, 2.75) is 26.3 Å². The number of likely N-dealkylation sites (N-methyl/N-ethyl adjacent to an activating group) is 1. The maximum absolute atomic E-state index is 11.3. The van der Waals surface area contributed by atoms with Crippen LogP contribution in [0.2, 0.25) is 0 Å². The number of carbonyl (C=O) groups excluding carboxylic acids is 2. The fraction of sp³-hybridized carbons (Fsp3) is 0.292. The number of hydrogen-bond acceptors (Lipinski definition) is 5. The van der Waals surface area contributed by atoms with Crippen LogP contribution >= 0.6 is 0 Å². The Morgan fingerprint density at radius 3 is 2.23 bits per heavy atom. The van der Waals surface area contributed by atoms with Crippen molar-refractivity contribution >= 4 is 23.7 Å². The van der Waals surface area contributed by atoms with Gasteiger partial charge >= 0.3 is 0 Å².